The van der Waals surface area contributed by atoms with E-state index in [4.69, 9.17) is 9.47 Å². The molecule has 3 aromatic rings. The number of halogens is 1. The summed E-state index contributed by atoms with van der Waals surface area (Å²) in [5, 5.41) is 5.75. The summed E-state index contributed by atoms with van der Waals surface area (Å²) >= 11 is 4.67. The molecule has 0 aliphatic heterocycles. The summed E-state index contributed by atoms with van der Waals surface area (Å²) in [6, 6.07) is 17.5. The van der Waals surface area contributed by atoms with Gasteiger partial charge in [0.05, 0.1) is 6.21 Å². The zero-order chi connectivity index (χ0) is 20.6. The molecule has 1 atom stereocenters. The number of hydrazone groups is 1. The third kappa shape index (κ3) is 6.27. The van der Waals surface area contributed by atoms with E-state index < -0.39 is 12.1 Å². The quantitative estimate of drug-likeness (QED) is 0.235. The van der Waals surface area contributed by atoms with Crippen LogP contribution in [0.25, 0.3) is 0 Å². The molecule has 0 unspecified atom stereocenters. The van der Waals surface area contributed by atoms with Crippen molar-refractivity contribution in [3.63, 3.8) is 0 Å². The van der Waals surface area contributed by atoms with Crippen LogP contribution >= 0.6 is 27.3 Å². The zero-order valence-electron chi connectivity index (χ0n) is 15.4. The first kappa shape index (κ1) is 20.8. The highest BCUT2D eigenvalue weighted by atomic mass is 79.9. The Balaban J connectivity index is 1.48. The molecule has 0 fully saturated rings. The van der Waals surface area contributed by atoms with Crippen LogP contribution in [0.5, 0.6) is 11.5 Å². The molecule has 1 aromatic heterocycles. The molecular formula is C21H17BrN2O4S. The monoisotopic (exact) mass is 472 g/mol. The first-order valence-corrected chi connectivity index (χ1v) is 10.3. The maximum atomic E-state index is 12.1. The van der Waals surface area contributed by atoms with Gasteiger partial charge in [0.15, 0.2) is 6.10 Å². The minimum Gasteiger partial charge on any atom is -0.481 e. The summed E-state index contributed by atoms with van der Waals surface area (Å²) in [6.45, 7) is 1.64. The fraction of sp³-hybridized carbons (Fsp3) is 0.0952. The number of ether oxygens (including phenoxy) is 2. The smallest absolute Gasteiger partial charge is 0.353 e. The first-order chi connectivity index (χ1) is 14.0. The number of carbonyl (C=O) groups excluding carboxylic acids is 2. The number of thiophene rings is 1. The Morgan fingerprint density at radius 2 is 1.76 bits per heavy atom. The maximum absolute atomic E-state index is 12.1. The standard InChI is InChI=1S/C21H17BrN2O4S/c1-14(27-17-10-6-16(22)7-11-17)20(25)24-23-13-15-4-8-18(9-5-15)28-21(26)19-3-2-12-29-19/h2-14H,1H3,(H,24,25)/b23-13-/t14-/m0/s1. The van der Waals surface area contributed by atoms with E-state index in [1.807, 2.05) is 17.5 Å². The highest BCUT2D eigenvalue weighted by Gasteiger charge is 2.13. The normalized spacial score (nSPS) is 11.8. The number of hydrogen-bond acceptors (Lipinski definition) is 6. The summed E-state index contributed by atoms with van der Waals surface area (Å²) in [7, 11) is 0. The van der Waals surface area contributed by atoms with Crippen LogP contribution in [0, 0.1) is 0 Å². The number of amides is 1. The lowest BCUT2D eigenvalue weighted by molar-refractivity contribution is -0.127. The molecule has 3 rings (SSSR count). The number of benzene rings is 2. The van der Waals surface area contributed by atoms with Gasteiger partial charge in [-0.3, -0.25) is 4.79 Å². The molecule has 0 aliphatic carbocycles. The lowest BCUT2D eigenvalue weighted by Gasteiger charge is -2.12. The molecule has 1 N–H and O–H groups in total. The van der Waals surface area contributed by atoms with Gasteiger partial charge in [0.25, 0.3) is 5.91 Å². The molecule has 0 spiro atoms. The Labute approximate surface area is 180 Å². The number of hydrogen-bond donors (Lipinski definition) is 1. The summed E-state index contributed by atoms with van der Waals surface area (Å²) in [4.78, 5) is 24.5. The summed E-state index contributed by atoms with van der Waals surface area (Å²) in [5.41, 5.74) is 3.18. The topological polar surface area (TPSA) is 77.0 Å². The summed E-state index contributed by atoms with van der Waals surface area (Å²) < 4.78 is 11.8. The largest absolute Gasteiger partial charge is 0.481 e. The predicted molar refractivity (Wildman–Crippen MR) is 116 cm³/mol. The highest BCUT2D eigenvalue weighted by molar-refractivity contribution is 9.10. The second-order valence-corrected chi connectivity index (χ2v) is 7.75. The van der Waals surface area contributed by atoms with E-state index in [0.29, 0.717) is 16.4 Å². The third-order valence-electron chi connectivity index (χ3n) is 3.70. The lowest BCUT2D eigenvalue weighted by Crippen LogP contribution is -2.33. The fourth-order valence-corrected chi connectivity index (χ4v) is 3.07. The first-order valence-electron chi connectivity index (χ1n) is 8.62. The van der Waals surface area contributed by atoms with Crippen LogP contribution in [0.2, 0.25) is 0 Å². The number of nitrogens with one attached hydrogen (secondary N) is 1. The molecule has 148 valence electrons. The molecule has 6 nitrogen and oxygen atoms in total. The molecule has 29 heavy (non-hydrogen) atoms. The molecular weight excluding hydrogens is 456 g/mol. The van der Waals surface area contributed by atoms with E-state index in [1.165, 1.54) is 17.6 Å². The van der Waals surface area contributed by atoms with Gasteiger partial charge in [-0.25, -0.2) is 10.2 Å². The second kappa shape index (κ2) is 9.99. The minimum atomic E-state index is -0.702. The van der Waals surface area contributed by atoms with Crippen molar-refractivity contribution < 1.29 is 19.1 Å². The van der Waals surface area contributed by atoms with E-state index in [1.54, 1.807) is 55.5 Å². The molecule has 0 aliphatic rings. The molecule has 0 radical (unpaired) electrons. The van der Waals surface area contributed by atoms with Crippen molar-refractivity contribution in [2.75, 3.05) is 0 Å². The van der Waals surface area contributed by atoms with E-state index in [9.17, 15) is 9.59 Å². The van der Waals surface area contributed by atoms with E-state index in [0.717, 1.165) is 10.0 Å². The van der Waals surface area contributed by atoms with Gasteiger partial charge in [0, 0.05) is 4.47 Å². The van der Waals surface area contributed by atoms with Crippen molar-refractivity contribution in [3.05, 3.63) is 81.0 Å². The maximum Gasteiger partial charge on any atom is 0.353 e. The van der Waals surface area contributed by atoms with E-state index >= 15 is 0 Å². The van der Waals surface area contributed by atoms with Crippen LogP contribution in [-0.2, 0) is 4.79 Å². The molecule has 1 amide bonds. The van der Waals surface area contributed by atoms with Gasteiger partial charge >= 0.3 is 5.97 Å². The Morgan fingerprint density at radius 3 is 2.41 bits per heavy atom. The number of rotatable bonds is 7. The average molecular weight is 473 g/mol. The van der Waals surface area contributed by atoms with Gasteiger partial charge in [-0.05, 0) is 72.5 Å². The Hall–Kier alpha value is -2.97. The molecule has 0 bridgehead atoms. The van der Waals surface area contributed by atoms with Gasteiger partial charge in [-0.2, -0.15) is 5.10 Å². The third-order valence-corrected chi connectivity index (χ3v) is 5.08. The summed E-state index contributed by atoms with van der Waals surface area (Å²) in [5.74, 6) is 0.257. The van der Waals surface area contributed by atoms with Crippen LogP contribution < -0.4 is 14.9 Å². The molecule has 1 heterocycles. The summed E-state index contributed by atoms with van der Waals surface area (Å²) in [6.07, 6.45) is 0.794. The van der Waals surface area contributed by atoms with Gasteiger partial charge < -0.3 is 9.47 Å². The van der Waals surface area contributed by atoms with Crippen molar-refractivity contribution in [1.82, 2.24) is 5.43 Å². The van der Waals surface area contributed by atoms with Crippen molar-refractivity contribution in [2.45, 2.75) is 13.0 Å². The van der Waals surface area contributed by atoms with Gasteiger partial charge in [-0.1, -0.05) is 22.0 Å². The van der Waals surface area contributed by atoms with Crippen molar-refractivity contribution in [3.8, 4) is 11.5 Å². The van der Waals surface area contributed by atoms with E-state index in [-0.39, 0.29) is 5.91 Å². The number of esters is 1. The van der Waals surface area contributed by atoms with Crippen LogP contribution in [0.15, 0.2) is 75.6 Å². The Kier molecular flexibility index (Phi) is 7.15. The number of nitrogens with zero attached hydrogens (tertiary/aromatic N) is 1. The highest BCUT2D eigenvalue weighted by Crippen LogP contribution is 2.18. The Morgan fingerprint density at radius 1 is 1.07 bits per heavy atom. The van der Waals surface area contributed by atoms with E-state index in [2.05, 4.69) is 26.5 Å². The van der Waals surface area contributed by atoms with Crippen molar-refractivity contribution in [1.29, 1.82) is 0 Å². The van der Waals surface area contributed by atoms with Gasteiger partial charge in [0.1, 0.15) is 16.4 Å². The van der Waals surface area contributed by atoms with Gasteiger partial charge in [0.2, 0.25) is 0 Å². The zero-order valence-corrected chi connectivity index (χ0v) is 17.8. The Bertz CT molecular complexity index is 987. The number of carbonyl (C=O) groups is 2. The predicted octanol–water partition coefficient (Wildman–Crippen LogP) is 4.65. The second-order valence-electron chi connectivity index (χ2n) is 5.88. The van der Waals surface area contributed by atoms with Crippen LogP contribution in [-0.4, -0.2) is 24.2 Å². The molecule has 2 aromatic carbocycles. The van der Waals surface area contributed by atoms with Crippen LogP contribution in [0.3, 0.4) is 0 Å². The SMILES string of the molecule is C[C@H](Oc1ccc(Br)cc1)C(=O)N/N=C\c1ccc(OC(=O)c2cccs2)cc1. The fourth-order valence-electron chi connectivity index (χ4n) is 2.21. The molecule has 0 saturated heterocycles. The van der Waals surface area contributed by atoms with Crippen molar-refractivity contribution in [2.24, 2.45) is 5.10 Å². The van der Waals surface area contributed by atoms with Crippen LogP contribution in [0.1, 0.15) is 22.2 Å². The van der Waals surface area contributed by atoms with Crippen molar-refractivity contribution >= 4 is 45.4 Å². The molecule has 0 saturated carbocycles. The van der Waals surface area contributed by atoms with Crippen LogP contribution in [0.4, 0.5) is 0 Å². The average Bonchev–Trinajstić information content (AvgIpc) is 3.26. The lowest BCUT2D eigenvalue weighted by atomic mass is 10.2. The molecule has 8 heteroatoms. The van der Waals surface area contributed by atoms with Gasteiger partial charge in [-0.15, -0.1) is 11.3 Å². The minimum absolute atomic E-state index is 0.370.